The van der Waals surface area contributed by atoms with Crippen molar-refractivity contribution in [1.82, 2.24) is 15.0 Å². The van der Waals surface area contributed by atoms with E-state index in [1.165, 1.54) is 0 Å². The summed E-state index contributed by atoms with van der Waals surface area (Å²) < 4.78 is 0. The van der Waals surface area contributed by atoms with E-state index in [0.717, 1.165) is 16.6 Å². The Morgan fingerprint density at radius 3 is 2.65 bits per heavy atom. The van der Waals surface area contributed by atoms with E-state index in [0.29, 0.717) is 0 Å². The summed E-state index contributed by atoms with van der Waals surface area (Å²) in [7, 11) is 0. The second kappa shape index (κ2) is 4.22. The highest BCUT2D eigenvalue weighted by Crippen LogP contribution is 2.08. The van der Waals surface area contributed by atoms with Crippen LogP contribution in [0.3, 0.4) is 0 Å². The molecule has 1 aromatic heterocycles. The molecule has 17 heavy (non-hydrogen) atoms. The van der Waals surface area contributed by atoms with Gasteiger partial charge in [-0.3, -0.25) is 0 Å². The van der Waals surface area contributed by atoms with Gasteiger partial charge >= 0.3 is 0 Å². The lowest BCUT2D eigenvalue weighted by atomic mass is 10.2. The third-order valence-electron chi connectivity index (χ3n) is 2.44. The zero-order valence-corrected chi connectivity index (χ0v) is 9.12. The number of benzene rings is 2. The Morgan fingerprint density at radius 1 is 1.00 bits per heavy atom. The average Bonchev–Trinajstić information content (AvgIpc) is 2.80. The molecule has 0 fully saturated rings. The molecule has 3 nitrogen and oxygen atoms in total. The first-order chi connectivity index (χ1) is 8.42. The number of nitrogens with zero attached hydrogens (tertiary/aromatic N) is 3. The third kappa shape index (κ3) is 2.08. The molecule has 0 saturated heterocycles. The van der Waals surface area contributed by atoms with Crippen molar-refractivity contribution in [2.45, 2.75) is 0 Å². The van der Waals surface area contributed by atoms with Crippen LogP contribution >= 0.6 is 0 Å². The minimum Gasteiger partial charge on any atom is -0.158 e. The molecule has 0 spiro atoms. The van der Waals surface area contributed by atoms with Crippen LogP contribution in [0.25, 0.3) is 23.3 Å². The van der Waals surface area contributed by atoms with Gasteiger partial charge in [0.15, 0.2) is 0 Å². The van der Waals surface area contributed by atoms with E-state index in [1.807, 2.05) is 60.8 Å². The molecule has 0 unspecified atom stereocenters. The highest BCUT2D eigenvalue weighted by Gasteiger charge is 1.97. The van der Waals surface area contributed by atoms with Crippen LogP contribution in [0.4, 0.5) is 0 Å². The van der Waals surface area contributed by atoms with E-state index in [2.05, 4.69) is 16.3 Å². The van der Waals surface area contributed by atoms with E-state index in [-0.39, 0.29) is 0 Å². The van der Waals surface area contributed by atoms with Crippen molar-refractivity contribution in [3.63, 3.8) is 0 Å². The molecule has 1 radical (unpaired) electrons. The number of fused-ring (bicyclic) bond motifs is 1. The molecule has 81 valence electrons. The van der Waals surface area contributed by atoms with Crippen molar-refractivity contribution in [2.24, 2.45) is 0 Å². The monoisotopic (exact) mass is 220 g/mol. The molecule has 0 N–H and O–H groups in total. The topological polar surface area (TPSA) is 30.7 Å². The number of hydrogen-bond donors (Lipinski definition) is 0. The molecule has 0 aliphatic carbocycles. The van der Waals surface area contributed by atoms with Gasteiger partial charge in [0, 0.05) is 0 Å². The fourth-order valence-corrected chi connectivity index (χ4v) is 1.60. The van der Waals surface area contributed by atoms with Gasteiger partial charge in [-0.05, 0) is 29.8 Å². The minimum absolute atomic E-state index is 0.852. The maximum Gasteiger partial charge on any atom is 0.114 e. The molecular weight excluding hydrogens is 210 g/mol. The molecule has 2 aromatic carbocycles. The van der Waals surface area contributed by atoms with Crippen LogP contribution in [0, 0.1) is 6.07 Å². The maximum absolute atomic E-state index is 4.33. The van der Waals surface area contributed by atoms with Gasteiger partial charge in [-0.25, -0.2) is 0 Å². The van der Waals surface area contributed by atoms with Crippen LogP contribution in [0.5, 0.6) is 0 Å². The van der Waals surface area contributed by atoms with Crippen molar-refractivity contribution < 1.29 is 0 Å². The summed E-state index contributed by atoms with van der Waals surface area (Å²) in [6.07, 6.45) is 3.82. The largest absolute Gasteiger partial charge is 0.158 e. The van der Waals surface area contributed by atoms with E-state index < -0.39 is 0 Å². The van der Waals surface area contributed by atoms with Crippen molar-refractivity contribution >= 4 is 23.3 Å². The lowest BCUT2D eigenvalue weighted by molar-refractivity contribution is 0.814. The van der Waals surface area contributed by atoms with E-state index in [4.69, 9.17) is 0 Å². The van der Waals surface area contributed by atoms with Gasteiger partial charge in [-0.15, -0.1) is 10.2 Å². The van der Waals surface area contributed by atoms with Crippen molar-refractivity contribution in [3.8, 4) is 0 Å². The molecule has 0 bridgehead atoms. The smallest absolute Gasteiger partial charge is 0.114 e. The standard InChI is InChI=1S/C14H10N3/c1-2-6-12(7-3-1)10-11-17-15-13-8-4-5-9-14(13)16-17/h1-4,6-11H. The highest BCUT2D eigenvalue weighted by molar-refractivity contribution is 5.73. The second-order valence-corrected chi connectivity index (χ2v) is 3.66. The maximum atomic E-state index is 4.33. The second-order valence-electron chi connectivity index (χ2n) is 3.66. The summed E-state index contributed by atoms with van der Waals surface area (Å²) in [6, 6.07) is 18.6. The number of hydrogen-bond acceptors (Lipinski definition) is 2. The van der Waals surface area contributed by atoms with Crippen molar-refractivity contribution in [3.05, 3.63) is 60.2 Å². The summed E-state index contributed by atoms with van der Waals surface area (Å²) in [5.74, 6) is 0. The van der Waals surface area contributed by atoms with Gasteiger partial charge in [0.25, 0.3) is 0 Å². The van der Waals surface area contributed by atoms with Gasteiger partial charge in [0.2, 0.25) is 0 Å². The number of aromatic nitrogens is 3. The van der Waals surface area contributed by atoms with E-state index >= 15 is 0 Å². The fraction of sp³-hybridized carbons (Fsp3) is 0. The van der Waals surface area contributed by atoms with Crippen LogP contribution in [0.1, 0.15) is 5.56 Å². The van der Waals surface area contributed by atoms with Gasteiger partial charge in [-0.1, -0.05) is 36.4 Å². The minimum atomic E-state index is 0.852. The molecule has 3 aromatic rings. The Kier molecular flexibility index (Phi) is 2.43. The van der Waals surface area contributed by atoms with Gasteiger partial charge in [-0.2, -0.15) is 4.80 Å². The predicted molar refractivity (Wildman–Crippen MR) is 68.0 cm³/mol. The van der Waals surface area contributed by atoms with E-state index in [9.17, 15) is 0 Å². The van der Waals surface area contributed by atoms with Crippen LogP contribution in [0.2, 0.25) is 0 Å². The Bertz CT molecular complexity index is 620. The summed E-state index contributed by atoms with van der Waals surface area (Å²) in [5.41, 5.74) is 2.85. The normalized spacial score (nSPS) is 11.3. The number of rotatable bonds is 2. The fourth-order valence-electron chi connectivity index (χ4n) is 1.60. The first-order valence-electron chi connectivity index (χ1n) is 5.38. The van der Waals surface area contributed by atoms with Gasteiger partial charge in [0.05, 0.1) is 6.20 Å². The average molecular weight is 220 g/mol. The van der Waals surface area contributed by atoms with Crippen molar-refractivity contribution in [1.29, 1.82) is 0 Å². The van der Waals surface area contributed by atoms with Crippen molar-refractivity contribution in [2.75, 3.05) is 0 Å². The molecule has 1 heterocycles. The lowest BCUT2D eigenvalue weighted by Gasteiger charge is -1.90. The van der Waals surface area contributed by atoms with E-state index in [1.54, 1.807) is 4.80 Å². The Hall–Kier alpha value is -2.42. The third-order valence-corrected chi connectivity index (χ3v) is 2.44. The Labute approximate surface area is 99.0 Å². The summed E-state index contributed by atoms with van der Waals surface area (Å²) in [4.78, 5) is 1.57. The Balaban J connectivity index is 1.92. The molecule has 0 aliphatic heterocycles. The molecule has 0 amide bonds. The molecule has 0 aliphatic rings. The van der Waals surface area contributed by atoms with Crippen LogP contribution in [-0.2, 0) is 0 Å². The molecule has 3 heteroatoms. The molecule has 0 atom stereocenters. The van der Waals surface area contributed by atoms with Gasteiger partial charge < -0.3 is 0 Å². The Morgan fingerprint density at radius 2 is 1.82 bits per heavy atom. The summed E-state index contributed by atoms with van der Waals surface area (Å²) in [6.45, 7) is 0. The molecule has 3 rings (SSSR count). The quantitative estimate of drug-likeness (QED) is 0.664. The molecular formula is C14H10N3. The van der Waals surface area contributed by atoms with Crippen LogP contribution in [0.15, 0.2) is 48.5 Å². The first kappa shape index (κ1) is 9.78. The predicted octanol–water partition coefficient (Wildman–Crippen LogP) is 2.86. The summed E-state index contributed by atoms with van der Waals surface area (Å²) >= 11 is 0. The molecule has 0 saturated carbocycles. The van der Waals surface area contributed by atoms with Crippen LogP contribution < -0.4 is 0 Å². The van der Waals surface area contributed by atoms with Crippen LogP contribution in [-0.4, -0.2) is 15.0 Å². The first-order valence-corrected chi connectivity index (χ1v) is 5.38. The lowest BCUT2D eigenvalue weighted by Crippen LogP contribution is -1.89. The highest BCUT2D eigenvalue weighted by atomic mass is 15.5. The van der Waals surface area contributed by atoms with Gasteiger partial charge in [0.1, 0.15) is 11.0 Å². The zero-order valence-electron chi connectivity index (χ0n) is 9.12. The SMILES string of the molecule is [c]1ccc2nn(C=Cc3ccccc3)nc2c1. The zero-order chi connectivity index (χ0) is 11.5. The summed E-state index contributed by atoms with van der Waals surface area (Å²) in [5, 5.41) is 8.64.